The van der Waals surface area contributed by atoms with Crippen molar-refractivity contribution < 1.29 is 9.53 Å². The normalized spacial score (nSPS) is 22.0. The molecule has 0 atom stereocenters. The molecule has 5 nitrogen and oxygen atoms in total. The Balaban J connectivity index is 0.00000210. The summed E-state index contributed by atoms with van der Waals surface area (Å²) in [5.74, 6) is 0.985. The molecule has 4 rings (SSSR count). The minimum absolute atomic E-state index is 0. The minimum Gasteiger partial charge on any atom is -0.483 e. The maximum Gasteiger partial charge on any atom is 0.260 e. The lowest BCUT2D eigenvalue weighted by Gasteiger charge is -2.34. The number of rotatable bonds is 5. The Bertz CT molecular complexity index is 628. The summed E-state index contributed by atoms with van der Waals surface area (Å²) in [4.78, 5) is 16.7. The number of carbonyl (C=O) groups is 1. The number of amides is 1. The largest absolute Gasteiger partial charge is 0.483 e. The SMILES string of the molecule is Cl.O=C(COc1ccccc1CN1CCC2(CCNCC2)C1)N1CCCC1. The molecule has 0 saturated carbocycles. The van der Waals surface area contributed by atoms with Crippen LogP contribution in [0.15, 0.2) is 24.3 Å². The van der Waals surface area contributed by atoms with E-state index in [9.17, 15) is 4.79 Å². The molecule has 3 saturated heterocycles. The summed E-state index contributed by atoms with van der Waals surface area (Å²) in [7, 11) is 0. The summed E-state index contributed by atoms with van der Waals surface area (Å²) in [5.41, 5.74) is 1.72. The summed E-state index contributed by atoms with van der Waals surface area (Å²) in [6.07, 6.45) is 6.15. The fourth-order valence-electron chi connectivity index (χ4n) is 4.74. The van der Waals surface area contributed by atoms with E-state index in [1.807, 2.05) is 17.0 Å². The Morgan fingerprint density at radius 2 is 1.81 bits per heavy atom. The maximum absolute atomic E-state index is 12.3. The van der Waals surface area contributed by atoms with Gasteiger partial charge in [0, 0.05) is 31.7 Å². The first-order chi connectivity index (χ1) is 12.7. The lowest BCUT2D eigenvalue weighted by Crippen LogP contribution is -2.38. The predicted molar refractivity (Wildman–Crippen MR) is 109 cm³/mol. The van der Waals surface area contributed by atoms with E-state index >= 15 is 0 Å². The predicted octanol–water partition coefficient (Wildman–Crippen LogP) is 2.69. The fourth-order valence-corrected chi connectivity index (χ4v) is 4.74. The Labute approximate surface area is 168 Å². The van der Waals surface area contributed by atoms with Crippen molar-refractivity contribution in [2.45, 2.75) is 38.6 Å². The highest BCUT2D eigenvalue weighted by atomic mass is 35.5. The number of carbonyl (C=O) groups excluding carboxylic acids is 1. The van der Waals surface area contributed by atoms with Gasteiger partial charge in [-0.05, 0) is 63.2 Å². The van der Waals surface area contributed by atoms with Gasteiger partial charge >= 0.3 is 0 Å². The third-order valence-corrected chi connectivity index (χ3v) is 6.36. The smallest absolute Gasteiger partial charge is 0.260 e. The number of hydrogen-bond donors (Lipinski definition) is 1. The van der Waals surface area contributed by atoms with Gasteiger partial charge in [-0.15, -0.1) is 12.4 Å². The molecule has 0 unspecified atom stereocenters. The molecule has 1 N–H and O–H groups in total. The van der Waals surface area contributed by atoms with Crippen LogP contribution in [0, 0.1) is 5.41 Å². The van der Waals surface area contributed by atoms with Gasteiger partial charge in [0.25, 0.3) is 5.91 Å². The standard InChI is InChI=1S/C21H31N3O2.ClH/c25-20(24-12-3-4-13-24)16-26-19-6-2-1-5-18(19)15-23-14-9-21(17-23)7-10-22-11-8-21;/h1-2,5-6,22H,3-4,7-17H2;1H. The second kappa shape index (κ2) is 9.26. The number of halogens is 1. The average Bonchev–Trinajstić information content (AvgIpc) is 3.32. The molecule has 3 heterocycles. The van der Waals surface area contributed by atoms with Crippen molar-refractivity contribution in [2.24, 2.45) is 5.41 Å². The molecule has 1 amide bonds. The van der Waals surface area contributed by atoms with Crippen LogP contribution < -0.4 is 10.1 Å². The van der Waals surface area contributed by atoms with Crippen LogP contribution in [0.4, 0.5) is 0 Å². The van der Waals surface area contributed by atoms with E-state index in [2.05, 4.69) is 22.3 Å². The minimum atomic E-state index is 0. The topological polar surface area (TPSA) is 44.8 Å². The molecule has 0 aromatic heterocycles. The molecular weight excluding hydrogens is 362 g/mol. The van der Waals surface area contributed by atoms with Crippen molar-refractivity contribution in [1.29, 1.82) is 0 Å². The summed E-state index contributed by atoms with van der Waals surface area (Å²) in [5, 5.41) is 3.49. The number of piperidine rings is 1. The van der Waals surface area contributed by atoms with Crippen LogP contribution in [0.1, 0.15) is 37.7 Å². The van der Waals surface area contributed by atoms with Crippen LogP contribution >= 0.6 is 12.4 Å². The monoisotopic (exact) mass is 393 g/mol. The van der Waals surface area contributed by atoms with Crippen LogP contribution in [0.2, 0.25) is 0 Å². The highest BCUT2D eigenvalue weighted by Crippen LogP contribution is 2.39. The van der Waals surface area contributed by atoms with Gasteiger partial charge in [-0.3, -0.25) is 9.69 Å². The quantitative estimate of drug-likeness (QED) is 0.835. The van der Waals surface area contributed by atoms with Crippen LogP contribution in [0.3, 0.4) is 0 Å². The second-order valence-electron chi connectivity index (χ2n) is 8.19. The summed E-state index contributed by atoms with van der Waals surface area (Å²) < 4.78 is 5.93. The molecule has 0 bridgehead atoms. The molecule has 1 aromatic rings. The van der Waals surface area contributed by atoms with Gasteiger partial charge in [-0.25, -0.2) is 0 Å². The van der Waals surface area contributed by atoms with Crippen molar-refractivity contribution in [3.8, 4) is 5.75 Å². The zero-order valence-corrected chi connectivity index (χ0v) is 16.9. The molecule has 3 aliphatic heterocycles. The lowest BCUT2D eigenvalue weighted by molar-refractivity contribution is -0.132. The molecular formula is C21H32ClN3O2. The first-order valence-corrected chi connectivity index (χ1v) is 10.2. The molecule has 150 valence electrons. The van der Waals surface area contributed by atoms with Gasteiger partial charge in [0.15, 0.2) is 6.61 Å². The van der Waals surface area contributed by atoms with Gasteiger partial charge in [-0.1, -0.05) is 18.2 Å². The number of ether oxygens (including phenoxy) is 1. The number of hydrogen-bond acceptors (Lipinski definition) is 4. The second-order valence-corrected chi connectivity index (χ2v) is 8.19. The Hall–Kier alpha value is -1.30. The highest BCUT2D eigenvalue weighted by molar-refractivity contribution is 5.85. The molecule has 27 heavy (non-hydrogen) atoms. The van der Waals surface area contributed by atoms with Crippen molar-refractivity contribution in [3.63, 3.8) is 0 Å². The van der Waals surface area contributed by atoms with Gasteiger partial charge in [0.1, 0.15) is 5.75 Å². The zero-order valence-electron chi connectivity index (χ0n) is 16.1. The van der Waals surface area contributed by atoms with E-state index in [0.29, 0.717) is 5.41 Å². The van der Waals surface area contributed by atoms with Crippen molar-refractivity contribution in [3.05, 3.63) is 29.8 Å². The Kier molecular flexibility index (Phi) is 7.01. The van der Waals surface area contributed by atoms with Crippen molar-refractivity contribution in [2.75, 3.05) is 45.9 Å². The number of nitrogens with one attached hydrogen (secondary N) is 1. The Morgan fingerprint density at radius 3 is 2.59 bits per heavy atom. The molecule has 1 spiro atoms. The van der Waals surface area contributed by atoms with E-state index < -0.39 is 0 Å². The maximum atomic E-state index is 12.3. The molecule has 1 aromatic carbocycles. The average molecular weight is 394 g/mol. The van der Waals surface area contributed by atoms with E-state index in [0.717, 1.165) is 51.3 Å². The van der Waals surface area contributed by atoms with E-state index in [-0.39, 0.29) is 24.9 Å². The Morgan fingerprint density at radius 1 is 1.07 bits per heavy atom. The van der Waals surface area contributed by atoms with Gasteiger partial charge in [0.2, 0.25) is 0 Å². The van der Waals surface area contributed by atoms with E-state index in [1.165, 1.54) is 37.9 Å². The van der Waals surface area contributed by atoms with Crippen LogP contribution in [-0.4, -0.2) is 61.6 Å². The molecule has 0 aliphatic carbocycles. The number of para-hydroxylation sites is 1. The molecule has 6 heteroatoms. The van der Waals surface area contributed by atoms with Gasteiger partial charge in [0.05, 0.1) is 0 Å². The number of nitrogens with zero attached hydrogens (tertiary/aromatic N) is 2. The van der Waals surface area contributed by atoms with Crippen LogP contribution in [0.5, 0.6) is 5.75 Å². The first kappa shape index (κ1) is 20.4. The third-order valence-electron chi connectivity index (χ3n) is 6.36. The third kappa shape index (κ3) is 4.95. The van der Waals surface area contributed by atoms with Crippen molar-refractivity contribution in [1.82, 2.24) is 15.1 Å². The first-order valence-electron chi connectivity index (χ1n) is 10.2. The summed E-state index contributed by atoms with van der Waals surface area (Å²) >= 11 is 0. The van der Waals surface area contributed by atoms with E-state index in [1.54, 1.807) is 0 Å². The summed E-state index contributed by atoms with van der Waals surface area (Å²) in [6.45, 7) is 7.52. The van der Waals surface area contributed by atoms with Gasteiger partial charge < -0.3 is 15.0 Å². The van der Waals surface area contributed by atoms with Crippen LogP contribution in [-0.2, 0) is 11.3 Å². The van der Waals surface area contributed by atoms with E-state index in [4.69, 9.17) is 4.74 Å². The highest BCUT2D eigenvalue weighted by Gasteiger charge is 2.38. The molecule has 3 fully saturated rings. The number of likely N-dealkylation sites (tertiary alicyclic amines) is 2. The fraction of sp³-hybridized carbons (Fsp3) is 0.667. The molecule has 0 radical (unpaired) electrons. The summed E-state index contributed by atoms with van der Waals surface area (Å²) in [6, 6.07) is 8.21. The van der Waals surface area contributed by atoms with Crippen LogP contribution in [0.25, 0.3) is 0 Å². The lowest BCUT2D eigenvalue weighted by atomic mass is 9.78. The number of benzene rings is 1. The van der Waals surface area contributed by atoms with Crippen molar-refractivity contribution >= 4 is 18.3 Å². The zero-order chi connectivity index (χ0) is 17.8. The van der Waals surface area contributed by atoms with Gasteiger partial charge in [-0.2, -0.15) is 0 Å². The molecule has 3 aliphatic rings.